The molecule has 0 saturated heterocycles. The second kappa shape index (κ2) is 7.52. The molecular weight excluding hydrogens is 346 g/mol. The first kappa shape index (κ1) is 18.5. The number of halogens is 1. The van der Waals surface area contributed by atoms with Gasteiger partial charge < -0.3 is 16.0 Å². The number of carbonyl (C=O) groups excluding carboxylic acids is 1. The molecule has 1 unspecified atom stereocenters. The first-order valence-corrected chi connectivity index (χ1v) is 8.89. The predicted octanol–water partition coefficient (Wildman–Crippen LogP) is 3.73. The summed E-state index contributed by atoms with van der Waals surface area (Å²) >= 11 is 0. The van der Waals surface area contributed by atoms with Gasteiger partial charge in [-0.05, 0) is 61.6 Å². The van der Waals surface area contributed by atoms with Gasteiger partial charge in [-0.2, -0.15) is 0 Å². The zero-order chi connectivity index (χ0) is 17.4. The van der Waals surface area contributed by atoms with Crippen molar-refractivity contribution >= 4 is 34.8 Å². The summed E-state index contributed by atoms with van der Waals surface area (Å²) in [4.78, 5) is 12.7. The average Bonchev–Trinajstić information content (AvgIpc) is 2.96. The van der Waals surface area contributed by atoms with E-state index in [-0.39, 0.29) is 18.2 Å². The van der Waals surface area contributed by atoms with Crippen LogP contribution in [-0.2, 0) is 19.4 Å². The number of anilines is 1. The molecule has 1 aliphatic heterocycles. The molecule has 0 bridgehead atoms. The Kier molecular flexibility index (Phi) is 5.35. The normalized spacial score (nSPS) is 14.5. The number of hydrogen-bond donors (Lipinski definition) is 2. The van der Waals surface area contributed by atoms with E-state index in [0.29, 0.717) is 17.7 Å². The second-order valence-electron chi connectivity index (χ2n) is 6.85. The first-order chi connectivity index (χ1) is 12.1. The topological polar surface area (TPSA) is 74.0 Å². The number of aromatic nitrogens is 1. The fourth-order valence-electron chi connectivity index (χ4n) is 3.93. The number of Topliss-reactive ketones (excluding diaryl/α,β-unsaturated/α-hetero) is 1. The number of para-hydroxylation sites is 1. The molecule has 0 saturated carbocycles. The molecule has 1 aliphatic rings. The Labute approximate surface area is 159 Å². The van der Waals surface area contributed by atoms with E-state index in [1.807, 2.05) is 0 Å². The Morgan fingerprint density at radius 1 is 1.08 bits per heavy atom. The van der Waals surface area contributed by atoms with Gasteiger partial charge >= 0.3 is 0 Å². The summed E-state index contributed by atoms with van der Waals surface area (Å²) in [5.41, 5.74) is 17.2. The molecule has 1 atom stereocenters. The average molecular weight is 370 g/mol. The standard InChI is InChI=1S/C21H23N3O.ClH/c22-15-10-8-14(9-11-15)21(25)18(23)13-17-16-5-1-2-6-19(16)24-12-4-3-7-20(17)24;/h1-2,5-6,8-11,18H,3-4,7,12-13,22-23H2;1H. The molecule has 0 radical (unpaired) electrons. The fourth-order valence-corrected chi connectivity index (χ4v) is 3.93. The molecule has 4 rings (SSSR count). The Bertz CT molecular complexity index is 930. The van der Waals surface area contributed by atoms with Gasteiger partial charge in [0.15, 0.2) is 5.78 Å². The van der Waals surface area contributed by atoms with Crippen LogP contribution in [0.5, 0.6) is 0 Å². The van der Waals surface area contributed by atoms with Gasteiger partial charge in [0.1, 0.15) is 0 Å². The van der Waals surface area contributed by atoms with Crippen LogP contribution in [0.4, 0.5) is 5.69 Å². The molecular formula is C21H24ClN3O. The van der Waals surface area contributed by atoms with E-state index < -0.39 is 6.04 Å². The predicted molar refractivity (Wildman–Crippen MR) is 109 cm³/mol. The highest BCUT2D eigenvalue weighted by atomic mass is 35.5. The number of nitrogens with two attached hydrogens (primary N) is 2. The maximum absolute atomic E-state index is 12.7. The van der Waals surface area contributed by atoms with Crippen molar-refractivity contribution in [3.63, 3.8) is 0 Å². The van der Waals surface area contributed by atoms with Crippen LogP contribution < -0.4 is 11.5 Å². The number of fused-ring (bicyclic) bond motifs is 3. The molecule has 0 aliphatic carbocycles. The lowest BCUT2D eigenvalue weighted by Gasteiger charge is -2.18. The quantitative estimate of drug-likeness (QED) is 0.543. The van der Waals surface area contributed by atoms with E-state index in [9.17, 15) is 4.79 Å². The Hall–Kier alpha value is -2.30. The van der Waals surface area contributed by atoms with Gasteiger partial charge in [0.2, 0.25) is 0 Å². The SMILES string of the molecule is Cl.Nc1ccc(C(=O)C(N)Cc2c3n(c4ccccc24)CCCC3)cc1. The van der Waals surface area contributed by atoms with Crippen LogP contribution in [0.15, 0.2) is 48.5 Å². The van der Waals surface area contributed by atoms with Gasteiger partial charge in [0, 0.05) is 34.4 Å². The maximum Gasteiger partial charge on any atom is 0.179 e. The van der Waals surface area contributed by atoms with Gasteiger partial charge in [0.05, 0.1) is 6.04 Å². The fraction of sp³-hybridized carbons (Fsp3) is 0.286. The lowest BCUT2D eigenvalue weighted by atomic mass is 9.95. The van der Waals surface area contributed by atoms with Crippen LogP contribution in [0.25, 0.3) is 10.9 Å². The van der Waals surface area contributed by atoms with Crippen LogP contribution >= 0.6 is 12.4 Å². The van der Waals surface area contributed by atoms with Crippen molar-refractivity contribution in [2.75, 3.05) is 5.73 Å². The van der Waals surface area contributed by atoms with Gasteiger partial charge in [-0.3, -0.25) is 4.79 Å². The van der Waals surface area contributed by atoms with Crippen LogP contribution in [-0.4, -0.2) is 16.4 Å². The second-order valence-corrected chi connectivity index (χ2v) is 6.85. The largest absolute Gasteiger partial charge is 0.399 e. The number of nitrogen functional groups attached to an aromatic ring is 1. The molecule has 3 aromatic rings. The summed E-state index contributed by atoms with van der Waals surface area (Å²) < 4.78 is 2.41. The number of nitrogens with zero attached hydrogens (tertiary/aromatic N) is 1. The number of aryl methyl sites for hydroxylation is 1. The molecule has 4 N–H and O–H groups in total. The number of rotatable bonds is 4. The summed E-state index contributed by atoms with van der Waals surface area (Å²) in [5.74, 6) is -0.0279. The van der Waals surface area contributed by atoms with Crippen LogP contribution in [0.2, 0.25) is 0 Å². The zero-order valence-electron chi connectivity index (χ0n) is 14.7. The van der Waals surface area contributed by atoms with Gasteiger partial charge in [0.25, 0.3) is 0 Å². The zero-order valence-corrected chi connectivity index (χ0v) is 15.5. The smallest absolute Gasteiger partial charge is 0.179 e. The lowest BCUT2D eigenvalue weighted by Crippen LogP contribution is -2.33. The minimum absolute atomic E-state index is 0. The molecule has 0 fully saturated rings. The number of ketones is 1. The van der Waals surface area contributed by atoms with Crippen molar-refractivity contribution in [3.05, 3.63) is 65.4 Å². The van der Waals surface area contributed by atoms with Gasteiger partial charge in [-0.1, -0.05) is 18.2 Å². The van der Waals surface area contributed by atoms with E-state index in [1.165, 1.54) is 35.0 Å². The third-order valence-electron chi connectivity index (χ3n) is 5.20. The molecule has 0 amide bonds. The lowest BCUT2D eigenvalue weighted by molar-refractivity contribution is 0.0961. The molecule has 0 spiro atoms. The third kappa shape index (κ3) is 3.22. The van der Waals surface area contributed by atoms with Crippen molar-refractivity contribution in [1.29, 1.82) is 0 Å². The maximum atomic E-state index is 12.7. The summed E-state index contributed by atoms with van der Waals surface area (Å²) in [6.45, 7) is 1.05. The minimum atomic E-state index is -0.541. The van der Waals surface area contributed by atoms with Crippen molar-refractivity contribution in [3.8, 4) is 0 Å². The summed E-state index contributed by atoms with van der Waals surface area (Å²) in [6.07, 6.45) is 4.05. The summed E-state index contributed by atoms with van der Waals surface area (Å²) in [6, 6.07) is 14.9. The number of hydrogen-bond acceptors (Lipinski definition) is 3. The first-order valence-electron chi connectivity index (χ1n) is 8.89. The molecule has 26 heavy (non-hydrogen) atoms. The van der Waals surface area contributed by atoms with E-state index >= 15 is 0 Å². The molecule has 2 aromatic carbocycles. The van der Waals surface area contributed by atoms with E-state index in [1.54, 1.807) is 24.3 Å². The molecule has 2 heterocycles. The summed E-state index contributed by atoms with van der Waals surface area (Å²) in [5, 5.41) is 1.24. The minimum Gasteiger partial charge on any atom is -0.399 e. The van der Waals surface area contributed by atoms with E-state index in [4.69, 9.17) is 11.5 Å². The van der Waals surface area contributed by atoms with Gasteiger partial charge in [-0.15, -0.1) is 12.4 Å². The van der Waals surface area contributed by atoms with Crippen LogP contribution in [0.1, 0.15) is 34.5 Å². The van der Waals surface area contributed by atoms with Crippen LogP contribution in [0, 0.1) is 0 Å². The third-order valence-corrected chi connectivity index (χ3v) is 5.20. The Morgan fingerprint density at radius 3 is 2.58 bits per heavy atom. The molecule has 5 heteroatoms. The van der Waals surface area contributed by atoms with E-state index in [2.05, 4.69) is 28.8 Å². The van der Waals surface area contributed by atoms with Crippen molar-refractivity contribution in [2.24, 2.45) is 5.73 Å². The number of benzene rings is 2. The van der Waals surface area contributed by atoms with E-state index in [0.717, 1.165) is 13.0 Å². The highest BCUT2D eigenvalue weighted by molar-refractivity contribution is 6.00. The van der Waals surface area contributed by atoms with Crippen molar-refractivity contribution in [1.82, 2.24) is 4.57 Å². The molecule has 1 aromatic heterocycles. The Balaban J connectivity index is 0.00000196. The monoisotopic (exact) mass is 369 g/mol. The van der Waals surface area contributed by atoms with Crippen molar-refractivity contribution < 1.29 is 4.79 Å². The highest BCUT2D eigenvalue weighted by Gasteiger charge is 2.24. The Morgan fingerprint density at radius 2 is 1.81 bits per heavy atom. The van der Waals surface area contributed by atoms with Crippen molar-refractivity contribution in [2.45, 2.75) is 38.3 Å². The highest BCUT2D eigenvalue weighted by Crippen LogP contribution is 2.31. The number of carbonyl (C=O) groups is 1. The van der Waals surface area contributed by atoms with Gasteiger partial charge in [-0.25, -0.2) is 0 Å². The van der Waals surface area contributed by atoms with Crippen LogP contribution in [0.3, 0.4) is 0 Å². The summed E-state index contributed by atoms with van der Waals surface area (Å²) in [7, 11) is 0. The molecule has 4 nitrogen and oxygen atoms in total. The molecule has 136 valence electrons.